The molecule has 0 atom stereocenters. The summed E-state index contributed by atoms with van der Waals surface area (Å²) in [5.74, 6) is -1.12. The first-order valence-electron chi connectivity index (χ1n) is 7.37. The molecule has 8 heteroatoms. The van der Waals surface area contributed by atoms with Gasteiger partial charge in [0.25, 0.3) is 0 Å². The van der Waals surface area contributed by atoms with Crippen LogP contribution in [0.3, 0.4) is 0 Å². The summed E-state index contributed by atoms with van der Waals surface area (Å²) in [6, 6.07) is 6.60. The fourth-order valence-electron chi connectivity index (χ4n) is 1.99. The molecule has 0 aliphatic carbocycles. The van der Waals surface area contributed by atoms with E-state index in [1.807, 2.05) is 0 Å². The zero-order valence-corrected chi connectivity index (χ0v) is 15.5. The molecule has 0 fully saturated rings. The summed E-state index contributed by atoms with van der Waals surface area (Å²) in [5, 5.41) is 9.99. The monoisotopic (exact) mass is 422 g/mol. The molecule has 0 spiro atoms. The molecule has 0 unspecified atom stereocenters. The fourth-order valence-corrected chi connectivity index (χ4v) is 2.27. The van der Waals surface area contributed by atoms with Crippen molar-refractivity contribution in [1.82, 2.24) is 0 Å². The maximum atomic E-state index is 12.2. The predicted octanol–water partition coefficient (Wildman–Crippen LogP) is 2.86. The zero-order chi connectivity index (χ0) is 19.3. The van der Waals surface area contributed by atoms with Gasteiger partial charge in [-0.3, -0.25) is 4.79 Å². The van der Waals surface area contributed by atoms with Crippen LogP contribution in [-0.2, 0) is 9.53 Å². The lowest BCUT2D eigenvalue weighted by molar-refractivity contribution is -0.142. The van der Waals surface area contributed by atoms with E-state index in [0.717, 1.165) is 6.08 Å². The lowest BCUT2D eigenvalue weighted by Crippen LogP contribution is -2.13. The van der Waals surface area contributed by atoms with E-state index in [-0.39, 0.29) is 16.8 Å². The second-order valence-corrected chi connectivity index (χ2v) is 5.91. The van der Waals surface area contributed by atoms with E-state index in [0.29, 0.717) is 11.3 Å². The number of hydrogen-bond donors (Lipinski definition) is 1. The smallest absolute Gasteiger partial charge is 0.351 e. The third-order valence-electron chi connectivity index (χ3n) is 3.32. The Bertz CT molecular complexity index is 928. The summed E-state index contributed by atoms with van der Waals surface area (Å²) in [6.45, 7) is 1.24. The van der Waals surface area contributed by atoms with Crippen LogP contribution in [0.25, 0.3) is 6.08 Å². The van der Waals surface area contributed by atoms with Gasteiger partial charge in [-0.1, -0.05) is 18.2 Å². The van der Waals surface area contributed by atoms with Crippen molar-refractivity contribution in [2.24, 2.45) is 0 Å². The van der Waals surface area contributed by atoms with Crippen molar-refractivity contribution in [2.75, 3.05) is 13.7 Å². The largest absolute Gasteiger partial charge is 0.506 e. The summed E-state index contributed by atoms with van der Waals surface area (Å²) in [5.41, 5.74) is -0.791. The van der Waals surface area contributed by atoms with Crippen LogP contribution in [-0.4, -0.2) is 30.6 Å². The second kappa shape index (κ2) is 8.48. The van der Waals surface area contributed by atoms with Crippen LogP contribution >= 0.6 is 15.9 Å². The average molecular weight is 423 g/mol. The second-order valence-electron chi connectivity index (χ2n) is 5.12. The number of rotatable bonds is 6. The van der Waals surface area contributed by atoms with E-state index in [1.165, 1.54) is 20.1 Å². The lowest BCUT2D eigenvalue weighted by atomic mass is 10.1. The molecule has 26 heavy (non-hydrogen) atoms. The molecule has 0 aliphatic rings. The van der Waals surface area contributed by atoms with Gasteiger partial charge in [-0.25, -0.2) is 9.59 Å². The molecule has 2 aromatic rings. The van der Waals surface area contributed by atoms with Gasteiger partial charge in [0.1, 0.15) is 11.5 Å². The molecule has 0 saturated carbocycles. The molecular formula is C18H15BrO7. The van der Waals surface area contributed by atoms with Crippen LogP contribution in [0, 0.1) is 6.92 Å². The minimum atomic E-state index is -0.923. The number of carbonyl (C=O) groups excluding carboxylic acids is 2. The Balaban J connectivity index is 2.20. The van der Waals surface area contributed by atoms with Crippen molar-refractivity contribution < 1.29 is 28.6 Å². The fraction of sp³-hybridized carbons (Fsp3) is 0.167. The number of allylic oxidation sites excluding steroid dienone is 1. The van der Waals surface area contributed by atoms with Gasteiger partial charge in [-0.2, -0.15) is 0 Å². The van der Waals surface area contributed by atoms with Crippen molar-refractivity contribution in [3.05, 3.63) is 62.1 Å². The summed E-state index contributed by atoms with van der Waals surface area (Å²) in [7, 11) is 1.26. The summed E-state index contributed by atoms with van der Waals surface area (Å²) >= 11 is 3.06. The molecular weight excluding hydrogens is 408 g/mol. The number of halogens is 1. The Morgan fingerprint density at radius 2 is 2.08 bits per heavy atom. The summed E-state index contributed by atoms with van der Waals surface area (Å²) in [6.07, 6.45) is 2.58. The minimum absolute atomic E-state index is 0.145. The SMILES string of the molecule is COC(=O)COc1cccc(C=CC(=O)c2c(O)c(Br)c(C)oc2=O)c1. The number of hydrogen-bond acceptors (Lipinski definition) is 7. The highest BCUT2D eigenvalue weighted by molar-refractivity contribution is 9.10. The molecule has 0 radical (unpaired) electrons. The van der Waals surface area contributed by atoms with Gasteiger partial charge < -0.3 is 19.0 Å². The van der Waals surface area contributed by atoms with Gasteiger partial charge >= 0.3 is 11.6 Å². The van der Waals surface area contributed by atoms with Crippen molar-refractivity contribution in [3.8, 4) is 11.5 Å². The molecule has 1 aromatic carbocycles. The predicted molar refractivity (Wildman–Crippen MR) is 96.4 cm³/mol. The van der Waals surface area contributed by atoms with Crippen LogP contribution < -0.4 is 10.4 Å². The van der Waals surface area contributed by atoms with Crippen LogP contribution in [0.1, 0.15) is 21.7 Å². The lowest BCUT2D eigenvalue weighted by Gasteiger charge is -2.05. The van der Waals surface area contributed by atoms with Gasteiger partial charge in [0.2, 0.25) is 0 Å². The number of ether oxygens (including phenoxy) is 2. The molecule has 0 amide bonds. The highest BCUT2D eigenvalue weighted by Crippen LogP contribution is 2.29. The number of aromatic hydroxyl groups is 1. The van der Waals surface area contributed by atoms with Crippen molar-refractivity contribution >= 4 is 33.8 Å². The highest BCUT2D eigenvalue weighted by atomic mass is 79.9. The van der Waals surface area contributed by atoms with Crippen molar-refractivity contribution in [2.45, 2.75) is 6.92 Å². The molecule has 1 aromatic heterocycles. The molecule has 2 rings (SSSR count). The van der Waals surface area contributed by atoms with Gasteiger partial charge in [0.15, 0.2) is 23.7 Å². The van der Waals surface area contributed by atoms with E-state index in [2.05, 4.69) is 20.7 Å². The number of aryl methyl sites for hydroxylation is 1. The average Bonchev–Trinajstić information content (AvgIpc) is 2.63. The van der Waals surface area contributed by atoms with Crippen LogP contribution in [0.4, 0.5) is 0 Å². The number of ketones is 1. The first-order valence-corrected chi connectivity index (χ1v) is 8.17. The van der Waals surface area contributed by atoms with Gasteiger partial charge in [-0.15, -0.1) is 0 Å². The van der Waals surface area contributed by atoms with E-state index >= 15 is 0 Å². The van der Waals surface area contributed by atoms with Crippen molar-refractivity contribution in [3.63, 3.8) is 0 Å². The molecule has 0 aliphatic heterocycles. The maximum Gasteiger partial charge on any atom is 0.351 e. The molecule has 0 saturated heterocycles. The molecule has 136 valence electrons. The number of esters is 1. The van der Waals surface area contributed by atoms with Crippen LogP contribution in [0.15, 0.2) is 44.0 Å². The summed E-state index contributed by atoms with van der Waals surface area (Å²) < 4.78 is 14.8. The van der Waals surface area contributed by atoms with E-state index in [4.69, 9.17) is 9.15 Å². The Labute approximate surface area is 157 Å². The first-order chi connectivity index (χ1) is 12.3. The number of carbonyl (C=O) groups is 2. The van der Waals surface area contributed by atoms with Gasteiger partial charge in [0, 0.05) is 0 Å². The minimum Gasteiger partial charge on any atom is -0.506 e. The molecule has 1 heterocycles. The van der Waals surface area contributed by atoms with Crippen LogP contribution in [0.2, 0.25) is 0 Å². The highest BCUT2D eigenvalue weighted by Gasteiger charge is 2.20. The van der Waals surface area contributed by atoms with E-state index < -0.39 is 28.7 Å². The third kappa shape index (κ3) is 4.60. The molecule has 0 bridgehead atoms. The zero-order valence-electron chi connectivity index (χ0n) is 13.9. The number of benzene rings is 1. The van der Waals surface area contributed by atoms with Crippen LogP contribution in [0.5, 0.6) is 11.5 Å². The molecule has 1 N–H and O–H groups in total. The van der Waals surface area contributed by atoms with E-state index in [9.17, 15) is 19.5 Å². The quantitative estimate of drug-likeness (QED) is 0.433. The van der Waals surface area contributed by atoms with E-state index in [1.54, 1.807) is 24.3 Å². The summed E-state index contributed by atoms with van der Waals surface area (Å²) in [4.78, 5) is 35.2. The number of methoxy groups -OCH3 is 1. The third-order valence-corrected chi connectivity index (χ3v) is 4.25. The standard InChI is InChI=1S/C18H15BrO7/c1-10-16(19)17(22)15(18(23)26-10)13(20)7-6-11-4-3-5-12(8-11)25-9-14(21)24-2/h3-8,22H,9H2,1-2H3. The topological polar surface area (TPSA) is 103 Å². The first kappa shape index (κ1) is 19.5. The molecule has 7 nitrogen and oxygen atoms in total. The Kier molecular flexibility index (Phi) is 6.35. The van der Waals surface area contributed by atoms with Gasteiger partial charge in [0.05, 0.1) is 11.6 Å². The van der Waals surface area contributed by atoms with Crippen molar-refractivity contribution in [1.29, 1.82) is 0 Å². The Hall–Kier alpha value is -2.87. The maximum absolute atomic E-state index is 12.2. The van der Waals surface area contributed by atoms with Gasteiger partial charge in [-0.05, 0) is 46.6 Å². The normalized spacial score (nSPS) is 10.7. The Morgan fingerprint density at radius 1 is 1.35 bits per heavy atom. The Morgan fingerprint density at radius 3 is 2.77 bits per heavy atom.